The van der Waals surface area contributed by atoms with Crippen LogP contribution in [-0.4, -0.2) is 39.9 Å². The Balaban J connectivity index is 0.000000146. The zero-order valence-corrected chi connectivity index (χ0v) is 66.0. The van der Waals surface area contributed by atoms with Gasteiger partial charge in [-0.3, -0.25) is 0 Å². The number of rotatable bonds is 15. The maximum Gasteiger partial charge on any atom is 0.227 e. The van der Waals surface area contributed by atoms with Crippen LogP contribution >= 0.6 is 0 Å². The number of fused-ring (bicyclic) bond motifs is 8. The van der Waals surface area contributed by atoms with Gasteiger partial charge in [0.1, 0.15) is 11.0 Å². The summed E-state index contributed by atoms with van der Waals surface area (Å²) >= 11 is 0. The van der Waals surface area contributed by atoms with E-state index in [1.165, 1.54) is 50.1 Å². The molecule has 4 aromatic heterocycles. The second-order valence-electron chi connectivity index (χ2n) is 30.8. The number of nitrogens with zero attached hydrogens (tertiary/aromatic N) is 8. The third kappa shape index (κ3) is 12.9. The molecule has 122 heavy (non-hydrogen) atoms. The highest BCUT2D eigenvalue weighted by Gasteiger charge is 2.48. The summed E-state index contributed by atoms with van der Waals surface area (Å²) < 4.78 is 13.0. The molecule has 2 aliphatic rings. The van der Waals surface area contributed by atoms with Gasteiger partial charge in [0.15, 0.2) is 46.1 Å². The van der Waals surface area contributed by atoms with Crippen LogP contribution in [0.1, 0.15) is 44.5 Å². The standard InChI is InChI=1S/C59H38N4O.C53H34N4O/c1-4-16-39(17-5-1)43-22-14-24-45(36-43)56-61-55(62-57(63-56)46-25-15-23-44(37-46)40-18-6-2-7-19-40)41-30-32-47(33-31-41)59(51-28-12-10-26-49(51)50-27-11-13-29-52(50)59)48-34-35-53-54(38-48)64-58(60-53)42-20-8-3-9-21-42;1-4-14-37(15-5-1)49-55-50(38-16-6-2-7-17-38)57-51(56-49)39-26-24-35(25-27-39)36-28-30-41(31-29-36)53(45-22-12-10-20-43(45)44-21-11-13-23-46(44)53)42-32-33-47-48(34-42)58-52(54-47)40-18-8-3-9-19-40/h1-38H;1-34H. The van der Waals surface area contributed by atoms with Crippen LogP contribution in [0.2, 0.25) is 0 Å². The van der Waals surface area contributed by atoms with Gasteiger partial charge in [-0.15, -0.1) is 0 Å². The summed E-state index contributed by atoms with van der Waals surface area (Å²) in [4.78, 5) is 40.1. The van der Waals surface area contributed by atoms with Crippen molar-refractivity contribution in [3.8, 4) is 147 Å². The average Bonchev–Trinajstić information content (AvgIpc) is 1.55. The van der Waals surface area contributed by atoms with E-state index in [-0.39, 0.29) is 0 Å². The summed E-state index contributed by atoms with van der Waals surface area (Å²) in [6, 6.07) is 152. The summed E-state index contributed by atoms with van der Waals surface area (Å²) in [6.45, 7) is 0. The predicted octanol–water partition coefficient (Wildman–Crippen LogP) is 27.1. The smallest absolute Gasteiger partial charge is 0.227 e. The first kappa shape index (κ1) is 72.2. The first-order chi connectivity index (χ1) is 60.4. The van der Waals surface area contributed by atoms with Crippen LogP contribution in [0, 0.1) is 0 Å². The molecule has 0 unspecified atom stereocenters. The highest BCUT2D eigenvalue weighted by Crippen LogP contribution is 2.59. The zero-order chi connectivity index (χ0) is 80.9. The topological polar surface area (TPSA) is 129 Å². The number of hydrogen-bond donors (Lipinski definition) is 0. The summed E-state index contributed by atoms with van der Waals surface area (Å²) in [6.07, 6.45) is 0. The van der Waals surface area contributed by atoms with Crippen molar-refractivity contribution in [2.45, 2.75) is 10.8 Å². The number of benzene rings is 17. The Labute approximate surface area is 705 Å². The third-order valence-corrected chi connectivity index (χ3v) is 23.8. The highest BCUT2D eigenvalue weighted by atomic mass is 16.4. The monoisotopic (exact) mass is 1560 g/mol. The van der Waals surface area contributed by atoms with E-state index in [0.29, 0.717) is 46.7 Å². The molecule has 0 saturated carbocycles. The van der Waals surface area contributed by atoms with Crippen molar-refractivity contribution in [1.82, 2.24) is 39.9 Å². The van der Waals surface area contributed by atoms with Crippen molar-refractivity contribution in [2.75, 3.05) is 0 Å². The van der Waals surface area contributed by atoms with Gasteiger partial charge in [0, 0.05) is 44.5 Å². The number of hydrogen-bond acceptors (Lipinski definition) is 10. The molecule has 17 aromatic carbocycles. The van der Waals surface area contributed by atoms with Crippen LogP contribution in [-0.2, 0) is 10.8 Å². The van der Waals surface area contributed by atoms with E-state index in [0.717, 1.165) is 117 Å². The van der Waals surface area contributed by atoms with Crippen LogP contribution in [0.15, 0.2) is 446 Å². The normalized spacial score (nSPS) is 12.6. The Morgan fingerprint density at radius 2 is 0.385 bits per heavy atom. The fourth-order valence-electron chi connectivity index (χ4n) is 18.0. The van der Waals surface area contributed by atoms with Crippen molar-refractivity contribution >= 4 is 22.2 Å². The lowest BCUT2D eigenvalue weighted by molar-refractivity contribution is 0.617. The van der Waals surface area contributed by atoms with Gasteiger partial charge in [-0.1, -0.05) is 376 Å². The van der Waals surface area contributed by atoms with Crippen LogP contribution in [0.5, 0.6) is 0 Å². The molecule has 0 bridgehead atoms. The Morgan fingerprint density at radius 1 is 0.156 bits per heavy atom. The second kappa shape index (κ2) is 30.6. The highest BCUT2D eigenvalue weighted by molar-refractivity contribution is 5.91. The van der Waals surface area contributed by atoms with Crippen molar-refractivity contribution in [2.24, 2.45) is 0 Å². The van der Waals surface area contributed by atoms with Gasteiger partial charge in [-0.05, 0) is 161 Å². The van der Waals surface area contributed by atoms with Crippen LogP contribution < -0.4 is 0 Å². The molecule has 0 atom stereocenters. The lowest BCUT2D eigenvalue weighted by Gasteiger charge is -2.34. The molecule has 0 spiro atoms. The van der Waals surface area contributed by atoms with Crippen LogP contribution in [0.25, 0.3) is 169 Å². The third-order valence-electron chi connectivity index (χ3n) is 23.8. The van der Waals surface area contributed by atoms with Gasteiger partial charge in [-0.2, -0.15) is 0 Å². The summed E-state index contributed by atoms with van der Waals surface area (Å²) in [7, 11) is 0. The largest absolute Gasteiger partial charge is 0.436 e. The van der Waals surface area contributed by atoms with Gasteiger partial charge in [-0.25, -0.2) is 39.9 Å². The molecule has 572 valence electrons. The molecule has 0 N–H and O–H groups in total. The fourth-order valence-corrected chi connectivity index (χ4v) is 18.0. The molecule has 0 saturated heterocycles. The molecule has 0 fully saturated rings. The van der Waals surface area contributed by atoms with E-state index >= 15 is 0 Å². The van der Waals surface area contributed by atoms with E-state index in [1.807, 2.05) is 133 Å². The van der Waals surface area contributed by atoms with E-state index in [4.69, 9.17) is 48.7 Å². The molecule has 4 heterocycles. The number of aromatic nitrogens is 8. The first-order valence-corrected chi connectivity index (χ1v) is 41.0. The predicted molar refractivity (Wildman–Crippen MR) is 489 cm³/mol. The molecule has 2 aliphatic carbocycles. The molecule has 10 heteroatoms. The molecular formula is C112H72N8O2. The molecule has 0 amide bonds. The van der Waals surface area contributed by atoms with Gasteiger partial charge in [0.05, 0.1) is 10.8 Å². The van der Waals surface area contributed by atoms with Crippen molar-refractivity contribution in [3.63, 3.8) is 0 Å². The maximum absolute atomic E-state index is 6.51. The van der Waals surface area contributed by atoms with Crippen molar-refractivity contribution < 1.29 is 8.83 Å². The summed E-state index contributed by atoms with van der Waals surface area (Å²) in [5.74, 6) is 4.96. The van der Waals surface area contributed by atoms with Gasteiger partial charge in [0.25, 0.3) is 0 Å². The van der Waals surface area contributed by atoms with Crippen LogP contribution in [0.4, 0.5) is 0 Å². The maximum atomic E-state index is 6.51. The Morgan fingerprint density at radius 3 is 0.721 bits per heavy atom. The average molecular weight is 1560 g/mol. The number of oxazole rings is 2. The lowest BCUT2D eigenvalue weighted by atomic mass is 9.67. The van der Waals surface area contributed by atoms with E-state index in [1.54, 1.807) is 0 Å². The lowest BCUT2D eigenvalue weighted by Crippen LogP contribution is -2.28. The quantitative estimate of drug-likeness (QED) is 0.0978. The zero-order valence-electron chi connectivity index (χ0n) is 66.0. The second-order valence-corrected chi connectivity index (χ2v) is 30.8. The van der Waals surface area contributed by atoms with Crippen molar-refractivity contribution in [3.05, 3.63) is 481 Å². The van der Waals surface area contributed by atoms with Gasteiger partial charge < -0.3 is 8.83 Å². The molecule has 0 aliphatic heterocycles. The molecule has 0 radical (unpaired) electrons. The Hall–Kier alpha value is -16.3. The minimum atomic E-state index is -0.648. The molecule has 21 aromatic rings. The van der Waals surface area contributed by atoms with Gasteiger partial charge >= 0.3 is 0 Å². The first-order valence-electron chi connectivity index (χ1n) is 41.0. The summed E-state index contributed by atoms with van der Waals surface area (Å²) in [5, 5.41) is 0. The van der Waals surface area contributed by atoms with Crippen LogP contribution in [0.3, 0.4) is 0 Å². The van der Waals surface area contributed by atoms with E-state index < -0.39 is 10.8 Å². The summed E-state index contributed by atoms with van der Waals surface area (Å²) in [5.41, 5.74) is 30.4. The SMILES string of the molecule is c1ccc(-c2cccc(-c3nc(-c4ccc(C5(c6ccc7nc(-c8ccccc8)oc7c6)c6ccccc6-c6ccccc65)cc4)nc(-c4cccc(-c5ccccc5)c4)n3)c2)cc1.c1ccc(-c2nc(-c3ccccc3)nc(-c3ccc(-c4ccc(C5(c6ccc7nc(-c8ccccc8)oc7c6)c6ccccc6-c6ccccc65)cc4)cc3)n2)cc1. The van der Waals surface area contributed by atoms with E-state index in [2.05, 4.69) is 303 Å². The minimum absolute atomic E-state index is 0.574. The Bertz CT molecular complexity index is 7220. The molecule has 23 rings (SSSR count). The molecule has 10 nitrogen and oxygen atoms in total. The van der Waals surface area contributed by atoms with E-state index in [9.17, 15) is 0 Å². The van der Waals surface area contributed by atoms with Crippen molar-refractivity contribution in [1.29, 1.82) is 0 Å². The fraction of sp³-hybridized carbons (Fsp3) is 0.0179. The van der Waals surface area contributed by atoms with Gasteiger partial charge in [0.2, 0.25) is 11.8 Å². The minimum Gasteiger partial charge on any atom is -0.436 e. The Kier molecular flexibility index (Phi) is 18.1. The molecular weight excluding hydrogens is 1490 g/mol.